The third-order valence-corrected chi connectivity index (χ3v) is 2.83. The number of carbonyl (C=O) groups excluding carboxylic acids is 1. The van der Waals surface area contributed by atoms with Gasteiger partial charge in [-0.05, 0) is 19.4 Å². The van der Waals surface area contributed by atoms with Gasteiger partial charge in [-0.15, -0.1) is 0 Å². The topological polar surface area (TPSA) is 54.4 Å². The van der Waals surface area contributed by atoms with E-state index in [1.165, 1.54) is 0 Å². The average molecular weight is 234 g/mol. The number of carbonyl (C=O) groups is 2. The minimum absolute atomic E-state index is 0.114. The number of hydrogen-bond donors (Lipinski definition) is 1. The third-order valence-electron chi connectivity index (χ3n) is 2.83. The number of carboxylic acid groups (broad SMARTS) is 1. The molecule has 0 unspecified atom stereocenters. The fourth-order valence-electron chi connectivity index (χ4n) is 1.89. The minimum atomic E-state index is -0.951. The van der Waals surface area contributed by atoms with Crippen LogP contribution in [0.4, 0.5) is 0 Å². The summed E-state index contributed by atoms with van der Waals surface area (Å²) in [6.07, 6.45) is -0.154. The molecule has 0 heterocycles. The summed E-state index contributed by atoms with van der Waals surface area (Å²) < 4.78 is 0. The molecule has 0 atom stereocenters. The van der Waals surface area contributed by atoms with E-state index in [-0.39, 0.29) is 12.2 Å². The molecule has 0 amide bonds. The zero-order valence-electron chi connectivity index (χ0n) is 10.7. The quantitative estimate of drug-likeness (QED) is 0.815. The summed E-state index contributed by atoms with van der Waals surface area (Å²) >= 11 is 0. The molecule has 0 aliphatic rings. The highest BCUT2D eigenvalue weighted by Crippen LogP contribution is 2.27. The molecule has 1 aromatic carbocycles. The van der Waals surface area contributed by atoms with Gasteiger partial charge >= 0.3 is 5.97 Å². The number of hydrogen-bond acceptors (Lipinski definition) is 2. The van der Waals surface area contributed by atoms with Crippen molar-refractivity contribution in [1.29, 1.82) is 0 Å². The first kappa shape index (κ1) is 13.4. The maximum absolute atomic E-state index is 12.3. The normalized spacial score (nSPS) is 11.3. The van der Waals surface area contributed by atoms with Crippen LogP contribution in [0.15, 0.2) is 18.2 Å². The number of aryl methyl sites for hydroxylation is 2. The van der Waals surface area contributed by atoms with E-state index in [0.29, 0.717) is 5.56 Å². The van der Waals surface area contributed by atoms with Gasteiger partial charge in [-0.3, -0.25) is 9.59 Å². The molecule has 17 heavy (non-hydrogen) atoms. The van der Waals surface area contributed by atoms with Crippen molar-refractivity contribution in [2.45, 2.75) is 34.1 Å². The molecule has 0 aliphatic heterocycles. The number of aliphatic carboxylic acids is 1. The van der Waals surface area contributed by atoms with Crippen LogP contribution in [0.2, 0.25) is 0 Å². The lowest BCUT2D eigenvalue weighted by atomic mass is 9.80. The number of benzene rings is 1. The summed E-state index contributed by atoms with van der Waals surface area (Å²) in [6.45, 7) is 7.17. The van der Waals surface area contributed by atoms with E-state index in [1.54, 1.807) is 19.9 Å². The Morgan fingerprint density at radius 1 is 1.24 bits per heavy atom. The number of carboxylic acids is 1. The first-order valence-electron chi connectivity index (χ1n) is 5.58. The van der Waals surface area contributed by atoms with Crippen molar-refractivity contribution in [3.8, 4) is 0 Å². The zero-order valence-corrected chi connectivity index (χ0v) is 10.7. The van der Waals surface area contributed by atoms with Crippen LogP contribution in [-0.4, -0.2) is 16.9 Å². The Bertz CT molecular complexity index is 459. The highest BCUT2D eigenvalue weighted by molar-refractivity contribution is 6.02. The molecule has 92 valence electrons. The Balaban J connectivity index is 3.07. The Hall–Kier alpha value is -1.64. The second kappa shape index (κ2) is 4.70. The Kier molecular flexibility index (Phi) is 3.71. The minimum Gasteiger partial charge on any atom is -0.481 e. The maximum Gasteiger partial charge on any atom is 0.304 e. The monoisotopic (exact) mass is 234 g/mol. The molecule has 1 rings (SSSR count). The molecule has 3 heteroatoms. The van der Waals surface area contributed by atoms with Crippen molar-refractivity contribution in [2.24, 2.45) is 5.41 Å². The van der Waals surface area contributed by atoms with Gasteiger partial charge in [0.1, 0.15) is 0 Å². The fourth-order valence-corrected chi connectivity index (χ4v) is 1.89. The molecule has 3 nitrogen and oxygen atoms in total. The smallest absolute Gasteiger partial charge is 0.304 e. The first-order valence-corrected chi connectivity index (χ1v) is 5.58. The van der Waals surface area contributed by atoms with Gasteiger partial charge in [-0.1, -0.05) is 37.6 Å². The molecule has 0 spiro atoms. The van der Waals surface area contributed by atoms with Gasteiger partial charge in [-0.2, -0.15) is 0 Å². The van der Waals surface area contributed by atoms with Crippen LogP contribution in [0, 0.1) is 19.3 Å². The second-order valence-corrected chi connectivity index (χ2v) is 5.10. The molecular weight excluding hydrogens is 216 g/mol. The van der Waals surface area contributed by atoms with Gasteiger partial charge in [0.15, 0.2) is 5.78 Å². The number of ketones is 1. The lowest BCUT2D eigenvalue weighted by molar-refractivity contribution is -0.138. The summed E-state index contributed by atoms with van der Waals surface area (Å²) in [5.74, 6) is -1.06. The highest BCUT2D eigenvalue weighted by atomic mass is 16.4. The lowest BCUT2D eigenvalue weighted by Gasteiger charge is -2.21. The maximum atomic E-state index is 12.3. The van der Waals surface area contributed by atoms with Gasteiger partial charge in [0.2, 0.25) is 0 Å². The van der Waals surface area contributed by atoms with Gasteiger partial charge < -0.3 is 5.11 Å². The van der Waals surface area contributed by atoms with Gasteiger partial charge in [-0.25, -0.2) is 0 Å². The van der Waals surface area contributed by atoms with E-state index in [0.717, 1.165) is 11.1 Å². The third kappa shape index (κ3) is 3.16. The van der Waals surface area contributed by atoms with Crippen LogP contribution in [0.5, 0.6) is 0 Å². The van der Waals surface area contributed by atoms with E-state index >= 15 is 0 Å². The van der Waals surface area contributed by atoms with Crippen LogP contribution in [0.1, 0.15) is 41.8 Å². The van der Waals surface area contributed by atoms with Crippen molar-refractivity contribution >= 4 is 11.8 Å². The SMILES string of the molecule is Cc1ccc(C(=O)C(C)(C)CC(=O)O)c(C)c1. The van der Waals surface area contributed by atoms with Crippen LogP contribution in [-0.2, 0) is 4.79 Å². The molecule has 0 bridgehead atoms. The van der Waals surface area contributed by atoms with Crippen molar-refractivity contribution in [3.63, 3.8) is 0 Å². The molecule has 1 aromatic rings. The Labute approximate surface area is 101 Å². The largest absolute Gasteiger partial charge is 0.481 e. The van der Waals surface area contributed by atoms with Crippen molar-refractivity contribution < 1.29 is 14.7 Å². The zero-order chi connectivity index (χ0) is 13.2. The number of Topliss-reactive ketones (excluding diaryl/α,β-unsaturated/α-hetero) is 1. The molecule has 0 saturated heterocycles. The van der Waals surface area contributed by atoms with Crippen molar-refractivity contribution in [1.82, 2.24) is 0 Å². The van der Waals surface area contributed by atoms with Gasteiger partial charge in [0.05, 0.1) is 6.42 Å². The van der Waals surface area contributed by atoms with Crippen molar-refractivity contribution in [3.05, 3.63) is 34.9 Å². The molecule has 0 saturated carbocycles. The predicted molar refractivity (Wildman–Crippen MR) is 66.3 cm³/mol. The van der Waals surface area contributed by atoms with E-state index in [2.05, 4.69) is 0 Å². The Morgan fingerprint density at radius 2 is 1.82 bits per heavy atom. The summed E-state index contributed by atoms with van der Waals surface area (Å²) in [5.41, 5.74) is 1.73. The van der Waals surface area contributed by atoms with E-state index < -0.39 is 11.4 Å². The number of rotatable bonds is 4. The molecule has 0 aliphatic carbocycles. The first-order chi connectivity index (χ1) is 7.74. The van der Waals surface area contributed by atoms with Gasteiger partial charge in [0.25, 0.3) is 0 Å². The summed E-state index contributed by atoms with van der Waals surface area (Å²) in [6, 6.07) is 5.58. The standard InChI is InChI=1S/C14H18O3/c1-9-5-6-11(10(2)7-9)13(17)14(3,4)8-12(15)16/h5-7H,8H2,1-4H3,(H,15,16). The second-order valence-electron chi connectivity index (χ2n) is 5.10. The van der Waals surface area contributed by atoms with E-state index in [9.17, 15) is 9.59 Å². The molecular formula is C14H18O3. The summed E-state index contributed by atoms with van der Waals surface area (Å²) in [4.78, 5) is 23.0. The fraction of sp³-hybridized carbons (Fsp3) is 0.429. The van der Waals surface area contributed by atoms with E-state index in [1.807, 2.05) is 26.0 Å². The Morgan fingerprint density at radius 3 is 2.29 bits per heavy atom. The molecule has 0 radical (unpaired) electrons. The van der Waals surface area contributed by atoms with Crippen LogP contribution < -0.4 is 0 Å². The average Bonchev–Trinajstić information content (AvgIpc) is 2.14. The lowest BCUT2D eigenvalue weighted by Crippen LogP contribution is -2.28. The highest BCUT2D eigenvalue weighted by Gasteiger charge is 2.31. The molecule has 0 fully saturated rings. The summed E-state index contributed by atoms with van der Waals surface area (Å²) in [7, 11) is 0. The predicted octanol–water partition coefficient (Wildman–Crippen LogP) is 2.99. The van der Waals surface area contributed by atoms with E-state index in [4.69, 9.17) is 5.11 Å². The molecule has 1 N–H and O–H groups in total. The van der Waals surface area contributed by atoms with Gasteiger partial charge in [0, 0.05) is 11.0 Å². The molecule has 0 aromatic heterocycles. The van der Waals surface area contributed by atoms with Crippen LogP contribution in [0.3, 0.4) is 0 Å². The van der Waals surface area contributed by atoms with Crippen LogP contribution in [0.25, 0.3) is 0 Å². The van der Waals surface area contributed by atoms with Crippen LogP contribution >= 0.6 is 0 Å². The summed E-state index contributed by atoms with van der Waals surface area (Å²) in [5, 5.41) is 8.81. The van der Waals surface area contributed by atoms with Crippen molar-refractivity contribution in [2.75, 3.05) is 0 Å².